The van der Waals surface area contributed by atoms with E-state index in [-0.39, 0.29) is 5.41 Å². The van der Waals surface area contributed by atoms with Crippen LogP contribution < -0.4 is 5.73 Å². The highest BCUT2D eigenvalue weighted by Crippen LogP contribution is 2.65. The van der Waals surface area contributed by atoms with Crippen molar-refractivity contribution < 1.29 is 4.79 Å². The Kier molecular flexibility index (Phi) is 4.63. The van der Waals surface area contributed by atoms with Crippen molar-refractivity contribution in [2.45, 2.75) is 78.1 Å². The summed E-state index contributed by atoms with van der Waals surface area (Å²) in [4.78, 5) is 12.5. The number of nitrogens with two attached hydrogens (primary N) is 1. The number of rotatable bonds is 3. The predicted molar refractivity (Wildman–Crippen MR) is 103 cm³/mol. The fourth-order valence-electron chi connectivity index (χ4n) is 7.62. The molecule has 4 aliphatic rings. The second-order valence-corrected chi connectivity index (χ2v) is 10.1. The second-order valence-electron chi connectivity index (χ2n) is 10.1. The minimum absolute atomic E-state index is 0.0343. The molecule has 4 rings (SSSR count). The van der Waals surface area contributed by atoms with E-state index in [2.05, 4.69) is 26.0 Å². The van der Waals surface area contributed by atoms with Crippen molar-refractivity contribution in [2.75, 3.05) is 6.54 Å². The summed E-state index contributed by atoms with van der Waals surface area (Å²) in [6.07, 6.45) is 17.3. The molecule has 0 aliphatic heterocycles. The van der Waals surface area contributed by atoms with Gasteiger partial charge in [-0.1, -0.05) is 26.0 Å². The molecule has 2 N–H and O–H groups in total. The molecule has 0 saturated heterocycles. The molecule has 0 bridgehead atoms. The molecule has 140 valence electrons. The van der Waals surface area contributed by atoms with E-state index in [1.807, 2.05) is 0 Å². The largest absolute Gasteiger partial charge is 0.330 e. The molecule has 4 unspecified atom stereocenters. The van der Waals surface area contributed by atoms with E-state index in [1.165, 1.54) is 51.4 Å². The van der Waals surface area contributed by atoms with Crippen molar-refractivity contribution >= 4 is 5.78 Å². The van der Waals surface area contributed by atoms with Crippen molar-refractivity contribution in [1.82, 2.24) is 0 Å². The third-order valence-corrected chi connectivity index (χ3v) is 9.16. The maximum atomic E-state index is 12.5. The van der Waals surface area contributed by atoms with Gasteiger partial charge in [0.25, 0.3) is 0 Å². The molecule has 0 aromatic rings. The maximum Gasteiger partial charge on any atom is 0.139 e. The number of ketones is 1. The lowest BCUT2D eigenvalue weighted by atomic mass is 9.44. The highest BCUT2D eigenvalue weighted by Gasteiger charge is 2.59. The van der Waals surface area contributed by atoms with Gasteiger partial charge in [-0.05, 0) is 99.3 Å². The summed E-state index contributed by atoms with van der Waals surface area (Å²) >= 11 is 0. The quantitative estimate of drug-likeness (QED) is 0.723. The van der Waals surface area contributed by atoms with Gasteiger partial charge in [0.1, 0.15) is 5.78 Å². The molecule has 4 fully saturated rings. The summed E-state index contributed by atoms with van der Waals surface area (Å²) in [6, 6.07) is 0. The van der Waals surface area contributed by atoms with E-state index in [9.17, 15) is 4.79 Å². The molecule has 4 aliphatic carbocycles. The number of carbonyl (C=O) groups is 1. The number of carbonyl (C=O) groups excluding carboxylic acids is 1. The zero-order valence-corrected chi connectivity index (χ0v) is 16.3. The lowest BCUT2D eigenvalue weighted by molar-refractivity contribution is -0.139. The van der Waals surface area contributed by atoms with E-state index < -0.39 is 0 Å². The van der Waals surface area contributed by atoms with Gasteiger partial charge in [0.15, 0.2) is 0 Å². The average molecular weight is 344 g/mol. The van der Waals surface area contributed by atoms with Crippen LogP contribution in [0, 0.1) is 40.4 Å². The molecule has 0 aromatic heterocycles. The van der Waals surface area contributed by atoms with Crippen molar-refractivity contribution in [2.24, 2.45) is 46.2 Å². The van der Waals surface area contributed by atoms with Gasteiger partial charge in [0.05, 0.1) is 0 Å². The Morgan fingerprint density at radius 1 is 1.08 bits per heavy atom. The van der Waals surface area contributed by atoms with Crippen molar-refractivity contribution in [3.63, 3.8) is 0 Å². The number of Topliss-reactive ketones (excluding diaryl/α,β-unsaturated/α-hetero) is 1. The highest BCUT2D eigenvalue weighted by atomic mass is 16.1. The van der Waals surface area contributed by atoms with E-state index in [0.29, 0.717) is 17.1 Å². The molecule has 0 radical (unpaired) electrons. The van der Waals surface area contributed by atoms with Gasteiger partial charge in [-0.15, -0.1) is 0 Å². The van der Waals surface area contributed by atoms with E-state index in [0.717, 1.165) is 43.1 Å². The summed E-state index contributed by atoms with van der Waals surface area (Å²) in [6.45, 7) is 5.69. The van der Waals surface area contributed by atoms with Crippen LogP contribution in [-0.4, -0.2) is 12.3 Å². The van der Waals surface area contributed by atoms with Crippen LogP contribution in [0.25, 0.3) is 0 Å². The molecular formula is C23H37NO. The smallest absolute Gasteiger partial charge is 0.139 e. The second kappa shape index (κ2) is 6.51. The number of fused-ring (bicyclic) bond motifs is 5. The van der Waals surface area contributed by atoms with Crippen LogP contribution in [0.5, 0.6) is 0 Å². The Morgan fingerprint density at radius 3 is 2.72 bits per heavy atom. The molecule has 25 heavy (non-hydrogen) atoms. The first-order valence-corrected chi connectivity index (χ1v) is 10.9. The molecule has 0 heterocycles. The van der Waals surface area contributed by atoms with E-state index in [4.69, 9.17) is 5.73 Å². The lowest BCUT2D eigenvalue weighted by Gasteiger charge is -2.60. The summed E-state index contributed by atoms with van der Waals surface area (Å²) in [5.74, 6) is 4.66. The minimum Gasteiger partial charge on any atom is -0.330 e. The SMILES string of the molecule is C[C@]12CC[C@H](C=CCCN)CC1CCC1C2CC[C@]2(C)C(=O)CCC12. The number of allylic oxidation sites excluding steroid dienone is 1. The average Bonchev–Trinajstić information content (AvgIpc) is 2.90. The Labute approximate surface area is 154 Å². The first-order chi connectivity index (χ1) is 12.0. The topological polar surface area (TPSA) is 43.1 Å². The Balaban J connectivity index is 1.50. The van der Waals surface area contributed by atoms with Crippen LogP contribution in [0.1, 0.15) is 78.1 Å². The summed E-state index contributed by atoms with van der Waals surface area (Å²) in [5, 5.41) is 0. The minimum atomic E-state index is 0.0343. The fourth-order valence-corrected chi connectivity index (χ4v) is 7.62. The van der Waals surface area contributed by atoms with Gasteiger partial charge < -0.3 is 5.73 Å². The summed E-state index contributed by atoms with van der Waals surface area (Å²) < 4.78 is 0. The normalized spacial score (nSPS) is 49.7. The van der Waals surface area contributed by atoms with Gasteiger partial charge in [-0.2, -0.15) is 0 Å². The highest BCUT2D eigenvalue weighted by molar-refractivity contribution is 5.87. The zero-order valence-electron chi connectivity index (χ0n) is 16.3. The van der Waals surface area contributed by atoms with E-state index >= 15 is 0 Å². The Morgan fingerprint density at radius 2 is 1.92 bits per heavy atom. The number of hydrogen-bond acceptors (Lipinski definition) is 2. The van der Waals surface area contributed by atoms with Crippen LogP contribution in [-0.2, 0) is 4.79 Å². The van der Waals surface area contributed by atoms with E-state index in [1.54, 1.807) is 0 Å². The van der Waals surface area contributed by atoms with Crippen molar-refractivity contribution in [1.29, 1.82) is 0 Å². The molecule has 7 atom stereocenters. The monoisotopic (exact) mass is 343 g/mol. The number of hydrogen-bond donors (Lipinski definition) is 1. The van der Waals surface area contributed by atoms with Crippen LogP contribution >= 0.6 is 0 Å². The lowest BCUT2D eigenvalue weighted by Crippen LogP contribution is -2.53. The predicted octanol–water partition coefficient (Wildman–Crippen LogP) is 5.12. The van der Waals surface area contributed by atoms with Gasteiger partial charge >= 0.3 is 0 Å². The van der Waals surface area contributed by atoms with Crippen LogP contribution in [0.15, 0.2) is 12.2 Å². The third-order valence-electron chi connectivity index (χ3n) is 9.16. The molecular weight excluding hydrogens is 306 g/mol. The van der Waals surface area contributed by atoms with Crippen LogP contribution in [0.2, 0.25) is 0 Å². The summed E-state index contributed by atoms with van der Waals surface area (Å²) in [5.41, 5.74) is 6.20. The van der Waals surface area contributed by atoms with Gasteiger partial charge in [-0.3, -0.25) is 4.79 Å². The molecule has 0 spiro atoms. The first kappa shape index (κ1) is 17.8. The molecule has 2 heteroatoms. The van der Waals surface area contributed by atoms with Gasteiger partial charge in [0.2, 0.25) is 0 Å². The third kappa shape index (κ3) is 2.74. The molecule has 4 saturated carbocycles. The zero-order chi connectivity index (χ0) is 17.7. The van der Waals surface area contributed by atoms with Crippen LogP contribution in [0.4, 0.5) is 0 Å². The van der Waals surface area contributed by atoms with Gasteiger partial charge in [0, 0.05) is 11.8 Å². The van der Waals surface area contributed by atoms with Crippen molar-refractivity contribution in [3.05, 3.63) is 12.2 Å². The first-order valence-electron chi connectivity index (χ1n) is 10.9. The Bertz CT molecular complexity index is 554. The molecule has 0 aromatic carbocycles. The Hall–Kier alpha value is -0.630. The van der Waals surface area contributed by atoms with Gasteiger partial charge in [-0.25, -0.2) is 0 Å². The maximum absolute atomic E-state index is 12.5. The standard InChI is InChI=1S/C23H37NO/c1-22-12-10-16(5-3-4-14-24)15-17(22)6-7-18-19-8-9-21(25)23(19,2)13-11-20(18)22/h3,5,16-20H,4,6-15,24H2,1-2H3/t16-,17?,18?,19?,20?,22-,23-/m0/s1. The molecule has 0 amide bonds. The van der Waals surface area contributed by atoms with Crippen molar-refractivity contribution in [3.8, 4) is 0 Å². The summed E-state index contributed by atoms with van der Waals surface area (Å²) in [7, 11) is 0. The van der Waals surface area contributed by atoms with Crippen LogP contribution in [0.3, 0.4) is 0 Å². The fraction of sp³-hybridized carbons (Fsp3) is 0.870. The molecule has 2 nitrogen and oxygen atoms in total.